The Hall–Kier alpha value is -0.630. The van der Waals surface area contributed by atoms with Gasteiger partial charge >= 0.3 is 0 Å². The smallest absolute Gasteiger partial charge is 0.173 e. The molecule has 0 saturated carbocycles. The second-order valence-corrected chi connectivity index (χ2v) is 3.98. The van der Waals surface area contributed by atoms with Crippen LogP contribution in [0.4, 0.5) is 0 Å². The van der Waals surface area contributed by atoms with E-state index in [0.29, 0.717) is 11.7 Å². The third-order valence-corrected chi connectivity index (χ3v) is 3.26. The minimum atomic E-state index is 0.341. The number of ketones is 1. The largest absolute Gasteiger partial charge is 0.293 e. The highest BCUT2D eigenvalue weighted by Crippen LogP contribution is 2.34. The van der Waals surface area contributed by atoms with Gasteiger partial charge in [0.05, 0.1) is 4.88 Å². The molecule has 0 fully saturated rings. The summed E-state index contributed by atoms with van der Waals surface area (Å²) in [7, 11) is 0. The van der Waals surface area contributed by atoms with Gasteiger partial charge in [-0.05, 0) is 29.3 Å². The molecule has 0 unspecified atom stereocenters. The van der Waals surface area contributed by atoms with Gasteiger partial charge in [0.25, 0.3) is 0 Å². The van der Waals surface area contributed by atoms with Gasteiger partial charge in [-0.3, -0.25) is 4.79 Å². The number of thiophene rings is 1. The van der Waals surface area contributed by atoms with Crippen LogP contribution >= 0.6 is 11.3 Å². The standard InChI is InChI=1S/C9H10OS/c1-6-2-3-8(10)9-7(6)4-5-11-9/h4-6H,2-3H2,1H3/t6-/m0/s1. The molecule has 1 aromatic heterocycles. The summed E-state index contributed by atoms with van der Waals surface area (Å²) in [6.07, 6.45) is 1.78. The summed E-state index contributed by atoms with van der Waals surface area (Å²) in [6, 6.07) is 2.09. The Bertz CT molecular complexity index is 288. The van der Waals surface area contributed by atoms with E-state index >= 15 is 0 Å². The molecular weight excluding hydrogens is 156 g/mol. The SMILES string of the molecule is C[C@H]1CCC(=O)c2sccc21. The third-order valence-electron chi connectivity index (χ3n) is 2.28. The van der Waals surface area contributed by atoms with Gasteiger partial charge in [-0.15, -0.1) is 11.3 Å². The quantitative estimate of drug-likeness (QED) is 0.579. The average molecular weight is 166 g/mol. The molecule has 1 heterocycles. The van der Waals surface area contributed by atoms with E-state index in [9.17, 15) is 4.79 Å². The molecule has 1 aliphatic carbocycles. The zero-order valence-electron chi connectivity index (χ0n) is 6.46. The summed E-state index contributed by atoms with van der Waals surface area (Å²) < 4.78 is 0. The molecule has 1 aliphatic rings. The van der Waals surface area contributed by atoms with Crippen LogP contribution in [0.2, 0.25) is 0 Å². The monoisotopic (exact) mass is 166 g/mol. The Morgan fingerprint density at radius 3 is 3.18 bits per heavy atom. The summed E-state index contributed by atoms with van der Waals surface area (Å²) in [6.45, 7) is 2.19. The lowest BCUT2D eigenvalue weighted by molar-refractivity contribution is 0.0972. The summed E-state index contributed by atoms with van der Waals surface area (Å²) in [5, 5.41) is 2.02. The van der Waals surface area contributed by atoms with Gasteiger partial charge in [-0.1, -0.05) is 6.92 Å². The molecule has 1 aromatic rings. The second-order valence-electron chi connectivity index (χ2n) is 3.07. The first-order chi connectivity index (χ1) is 5.29. The van der Waals surface area contributed by atoms with E-state index in [2.05, 4.69) is 13.0 Å². The van der Waals surface area contributed by atoms with E-state index in [-0.39, 0.29) is 0 Å². The summed E-state index contributed by atoms with van der Waals surface area (Å²) >= 11 is 1.59. The van der Waals surface area contributed by atoms with Gasteiger partial charge in [-0.2, -0.15) is 0 Å². The van der Waals surface area contributed by atoms with E-state index in [1.54, 1.807) is 11.3 Å². The van der Waals surface area contributed by atoms with Crippen LogP contribution in [-0.4, -0.2) is 5.78 Å². The summed E-state index contributed by atoms with van der Waals surface area (Å²) in [5.41, 5.74) is 1.27. The van der Waals surface area contributed by atoms with Crippen LogP contribution in [0.5, 0.6) is 0 Å². The zero-order chi connectivity index (χ0) is 7.84. The molecule has 0 amide bonds. The minimum Gasteiger partial charge on any atom is -0.293 e. The average Bonchev–Trinajstić information content (AvgIpc) is 2.45. The molecule has 0 radical (unpaired) electrons. The molecule has 2 rings (SSSR count). The third kappa shape index (κ3) is 1.02. The van der Waals surface area contributed by atoms with E-state index in [1.807, 2.05) is 5.38 Å². The second kappa shape index (κ2) is 2.45. The van der Waals surface area contributed by atoms with Gasteiger partial charge in [0, 0.05) is 6.42 Å². The number of carbonyl (C=O) groups is 1. The lowest BCUT2D eigenvalue weighted by Gasteiger charge is -2.16. The predicted octanol–water partition coefficient (Wildman–Crippen LogP) is 2.83. The van der Waals surface area contributed by atoms with E-state index in [4.69, 9.17) is 0 Å². The van der Waals surface area contributed by atoms with Crippen molar-refractivity contribution in [2.45, 2.75) is 25.7 Å². The number of fused-ring (bicyclic) bond motifs is 1. The fraction of sp³-hybridized carbons (Fsp3) is 0.444. The van der Waals surface area contributed by atoms with Gasteiger partial charge < -0.3 is 0 Å². The summed E-state index contributed by atoms with van der Waals surface area (Å²) in [4.78, 5) is 12.3. The molecule has 0 N–H and O–H groups in total. The normalized spacial score (nSPS) is 23.4. The van der Waals surface area contributed by atoms with Crippen molar-refractivity contribution in [3.8, 4) is 0 Å². The molecule has 0 spiro atoms. The molecule has 0 bridgehead atoms. The highest BCUT2D eigenvalue weighted by molar-refractivity contribution is 7.12. The number of rotatable bonds is 0. The van der Waals surface area contributed by atoms with Crippen LogP contribution in [0.1, 0.15) is 40.9 Å². The van der Waals surface area contributed by atoms with Gasteiger partial charge in [-0.25, -0.2) is 0 Å². The maximum absolute atomic E-state index is 11.3. The Labute approximate surface area is 70.1 Å². The predicted molar refractivity (Wildman–Crippen MR) is 46.3 cm³/mol. The Balaban J connectivity index is 2.51. The molecule has 1 nitrogen and oxygen atoms in total. The minimum absolute atomic E-state index is 0.341. The van der Waals surface area contributed by atoms with E-state index < -0.39 is 0 Å². The van der Waals surface area contributed by atoms with Crippen molar-refractivity contribution in [1.29, 1.82) is 0 Å². The number of Topliss-reactive ketones (excluding diaryl/α,β-unsaturated/α-hetero) is 1. The van der Waals surface area contributed by atoms with Crippen molar-refractivity contribution in [1.82, 2.24) is 0 Å². The summed E-state index contributed by atoms with van der Waals surface area (Å²) in [5.74, 6) is 0.932. The maximum Gasteiger partial charge on any atom is 0.173 e. The van der Waals surface area contributed by atoms with Crippen molar-refractivity contribution in [3.63, 3.8) is 0 Å². The number of hydrogen-bond donors (Lipinski definition) is 0. The molecular formula is C9H10OS. The molecule has 58 valence electrons. The lowest BCUT2D eigenvalue weighted by Crippen LogP contribution is -2.10. The van der Waals surface area contributed by atoms with E-state index in [0.717, 1.165) is 17.7 Å². The van der Waals surface area contributed by atoms with Gasteiger partial charge in [0.1, 0.15) is 0 Å². The Kier molecular flexibility index (Phi) is 1.57. The van der Waals surface area contributed by atoms with Crippen molar-refractivity contribution in [2.75, 3.05) is 0 Å². The maximum atomic E-state index is 11.3. The molecule has 11 heavy (non-hydrogen) atoms. The van der Waals surface area contributed by atoms with Crippen molar-refractivity contribution in [3.05, 3.63) is 21.9 Å². The van der Waals surface area contributed by atoms with Crippen molar-refractivity contribution >= 4 is 17.1 Å². The molecule has 0 aliphatic heterocycles. The number of hydrogen-bond acceptors (Lipinski definition) is 2. The van der Waals surface area contributed by atoms with E-state index in [1.165, 1.54) is 5.56 Å². The van der Waals surface area contributed by atoms with Crippen LogP contribution in [0.15, 0.2) is 11.4 Å². The molecule has 1 atom stereocenters. The molecule has 2 heteroatoms. The first-order valence-corrected chi connectivity index (χ1v) is 4.77. The van der Waals surface area contributed by atoms with Crippen LogP contribution in [0, 0.1) is 0 Å². The zero-order valence-corrected chi connectivity index (χ0v) is 7.28. The van der Waals surface area contributed by atoms with Crippen LogP contribution in [0.25, 0.3) is 0 Å². The van der Waals surface area contributed by atoms with Gasteiger partial charge in [0.2, 0.25) is 0 Å². The topological polar surface area (TPSA) is 17.1 Å². The first-order valence-electron chi connectivity index (χ1n) is 3.89. The Morgan fingerprint density at radius 2 is 2.45 bits per heavy atom. The Morgan fingerprint density at radius 1 is 1.64 bits per heavy atom. The first kappa shape index (κ1) is 7.04. The highest BCUT2D eigenvalue weighted by atomic mass is 32.1. The van der Waals surface area contributed by atoms with Crippen LogP contribution in [-0.2, 0) is 0 Å². The van der Waals surface area contributed by atoms with Crippen molar-refractivity contribution < 1.29 is 4.79 Å². The fourth-order valence-corrected chi connectivity index (χ4v) is 2.54. The number of carbonyl (C=O) groups excluding carboxylic acids is 1. The fourth-order valence-electron chi connectivity index (χ4n) is 1.55. The van der Waals surface area contributed by atoms with Crippen LogP contribution < -0.4 is 0 Å². The van der Waals surface area contributed by atoms with Crippen LogP contribution in [0.3, 0.4) is 0 Å². The molecule has 0 saturated heterocycles. The highest BCUT2D eigenvalue weighted by Gasteiger charge is 2.23. The van der Waals surface area contributed by atoms with Gasteiger partial charge in [0.15, 0.2) is 5.78 Å². The lowest BCUT2D eigenvalue weighted by atomic mass is 9.89. The van der Waals surface area contributed by atoms with Crippen molar-refractivity contribution in [2.24, 2.45) is 0 Å². The molecule has 0 aromatic carbocycles.